The van der Waals surface area contributed by atoms with Gasteiger partial charge in [0.15, 0.2) is 0 Å². The van der Waals surface area contributed by atoms with Crippen molar-refractivity contribution in [3.8, 4) is 5.69 Å². The fourth-order valence-electron chi connectivity index (χ4n) is 3.99. The number of carbonyl (C=O) groups is 2. The fourth-order valence-corrected chi connectivity index (χ4v) is 3.99. The molecule has 0 bridgehead atoms. The average molecular weight is 471 g/mol. The van der Waals surface area contributed by atoms with Gasteiger partial charge in [-0.05, 0) is 49.7 Å². The number of aryl methyl sites for hydroxylation is 1. The van der Waals surface area contributed by atoms with Crippen LogP contribution >= 0.6 is 0 Å². The summed E-state index contributed by atoms with van der Waals surface area (Å²) in [6.07, 6.45) is 7.77. The van der Waals surface area contributed by atoms with Crippen molar-refractivity contribution in [3.63, 3.8) is 0 Å². The van der Waals surface area contributed by atoms with Crippen molar-refractivity contribution in [2.24, 2.45) is 0 Å². The third-order valence-electron chi connectivity index (χ3n) is 5.87. The summed E-state index contributed by atoms with van der Waals surface area (Å²) >= 11 is 0. The Hall–Kier alpha value is -4.44. The van der Waals surface area contributed by atoms with Crippen LogP contribution in [0.1, 0.15) is 28.4 Å². The first-order chi connectivity index (χ1) is 17.0. The monoisotopic (exact) mass is 470 g/mol. The molecule has 4 aromatic rings. The summed E-state index contributed by atoms with van der Waals surface area (Å²) < 4.78 is 3.49. The van der Waals surface area contributed by atoms with Gasteiger partial charge in [-0.3, -0.25) is 9.48 Å². The highest BCUT2D eigenvalue weighted by atomic mass is 16.2. The van der Waals surface area contributed by atoms with Crippen LogP contribution in [0.4, 0.5) is 21.9 Å². The van der Waals surface area contributed by atoms with E-state index in [2.05, 4.69) is 31.5 Å². The van der Waals surface area contributed by atoms with Gasteiger partial charge in [-0.25, -0.2) is 9.48 Å². The molecule has 1 atom stereocenters. The van der Waals surface area contributed by atoms with Gasteiger partial charge >= 0.3 is 6.03 Å². The Kier molecular flexibility index (Phi) is 6.27. The lowest BCUT2D eigenvalue weighted by Crippen LogP contribution is -2.19. The van der Waals surface area contributed by atoms with Crippen LogP contribution in [0.15, 0.2) is 73.3 Å². The molecule has 1 fully saturated rings. The van der Waals surface area contributed by atoms with Gasteiger partial charge in [0.1, 0.15) is 0 Å². The highest BCUT2D eigenvalue weighted by Gasteiger charge is 2.18. The number of aromatic nitrogens is 4. The molecule has 0 radical (unpaired) electrons. The first kappa shape index (κ1) is 22.4. The molecule has 4 N–H and O–H groups in total. The Bertz CT molecular complexity index is 1350. The van der Waals surface area contributed by atoms with Crippen LogP contribution in [0.5, 0.6) is 0 Å². The number of rotatable bonds is 6. The van der Waals surface area contributed by atoms with E-state index in [1.807, 2.05) is 48.1 Å². The summed E-state index contributed by atoms with van der Waals surface area (Å²) in [7, 11) is 0. The molecule has 1 aliphatic heterocycles. The molecule has 5 rings (SSSR count). The number of nitrogens with one attached hydrogen (secondary N) is 4. The van der Waals surface area contributed by atoms with Crippen molar-refractivity contribution in [3.05, 3.63) is 84.4 Å². The van der Waals surface area contributed by atoms with Crippen molar-refractivity contribution >= 4 is 29.0 Å². The lowest BCUT2D eigenvalue weighted by Gasteiger charge is -2.08. The van der Waals surface area contributed by atoms with Crippen molar-refractivity contribution in [2.45, 2.75) is 19.4 Å². The zero-order valence-electron chi connectivity index (χ0n) is 19.2. The number of para-hydroxylation sites is 1. The molecular formula is C25H26N8O2. The average Bonchev–Trinajstić information content (AvgIpc) is 3.63. The highest BCUT2D eigenvalue weighted by molar-refractivity contribution is 6.04. The van der Waals surface area contributed by atoms with E-state index in [-0.39, 0.29) is 11.9 Å². The van der Waals surface area contributed by atoms with Crippen LogP contribution in [0, 0.1) is 6.92 Å². The largest absolute Gasteiger partial charge is 0.323 e. The number of urea groups is 1. The molecule has 1 unspecified atom stereocenters. The van der Waals surface area contributed by atoms with Gasteiger partial charge in [0.2, 0.25) is 0 Å². The van der Waals surface area contributed by atoms with E-state index in [1.165, 1.54) is 0 Å². The number of amides is 3. The van der Waals surface area contributed by atoms with E-state index in [0.717, 1.165) is 30.8 Å². The van der Waals surface area contributed by atoms with E-state index in [1.54, 1.807) is 41.5 Å². The SMILES string of the molecule is Cc1ccccc1NC(=O)Nc1cnn(-c2cccc(C(=O)Nc3cnn(C4CCNC4)c3)c2)c1. The number of carbonyl (C=O) groups excluding carboxylic acids is 2. The lowest BCUT2D eigenvalue weighted by molar-refractivity contribution is 0.102. The normalized spacial score (nSPS) is 15.1. The minimum absolute atomic E-state index is 0.237. The maximum Gasteiger partial charge on any atom is 0.323 e. The van der Waals surface area contributed by atoms with Crippen molar-refractivity contribution in [1.29, 1.82) is 0 Å². The fraction of sp³-hybridized carbons (Fsp3) is 0.200. The second-order valence-electron chi connectivity index (χ2n) is 8.43. The number of hydrogen-bond donors (Lipinski definition) is 4. The summed E-state index contributed by atoms with van der Waals surface area (Å²) in [4.78, 5) is 25.2. The van der Waals surface area contributed by atoms with Gasteiger partial charge in [0.05, 0.1) is 41.7 Å². The smallest absolute Gasteiger partial charge is 0.319 e. The van der Waals surface area contributed by atoms with Crippen LogP contribution in [-0.4, -0.2) is 44.6 Å². The van der Waals surface area contributed by atoms with Gasteiger partial charge in [-0.2, -0.15) is 10.2 Å². The first-order valence-electron chi connectivity index (χ1n) is 11.4. The van der Waals surface area contributed by atoms with E-state index in [9.17, 15) is 9.59 Å². The van der Waals surface area contributed by atoms with Crippen LogP contribution in [-0.2, 0) is 0 Å². The highest BCUT2D eigenvalue weighted by Crippen LogP contribution is 2.19. The van der Waals surface area contributed by atoms with Crippen LogP contribution in [0.25, 0.3) is 5.69 Å². The van der Waals surface area contributed by atoms with Crippen LogP contribution in [0.3, 0.4) is 0 Å². The van der Waals surface area contributed by atoms with E-state index in [4.69, 9.17) is 0 Å². The molecule has 1 saturated heterocycles. The van der Waals surface area contributed by atoms with Crippen molar-refractivity contribution in [2.75, 3.05) is 29.0 Å². The predicted octanol–water partition coefficient (Wildman–Crippen LogP) is 3.81. The Morgan fingerprint density at radius 1 is 0.971 bits per heavy atom. The third kappa shape index (κ3) is 5.22. The van der Waals surface area contributed by atoms with Gasteiger partial charge in [0, 0.05) is 24.0 Å². The van der Waals surface area contributed by atoms with Crippen LogP contribution in [0.2, 0.25) is 0 Å². The molecule has 0 saturated carbocycles. The quantitative estimate of drug-likeness (QED) is 0.342. The Labute approximate surface area is 202 Å². The molecule has 2 aromatic carbocycles. The zero-order valence-corrected chi connectivity index (χ0v) is 19.2. The van der Waals surface area contributed by atoms with E-state index < -0.39 is 0 Å². The predicted molar refractivity (Wildman–Crippen MR) is 134 cm³/mol. The molecule has 0 aliphatic carbocycles. The molecule has 3 heterocycles. The second kappa shape index (κ2) is 9.82. The lowest BCUT2D eigenvalue weighted by atomic mass is 10.2. The topological polar surface area (TPSA) is 118 Å². The van der Waals surface area contributed by atoms with E-state index in [0.29, 0.717) is 28.7 Å². The maximum atomic E-state index is 12.8. The van der Waals surface area contributed by atoms with Crippen molar-refractivity contribution in [1.82, 2.24) is 24.9 Å². The standard InChI is InChI=1S/C25H26N8O2/c1-17-5-2-3-8-23(17)31-25(35)30-20-13-27-32(16-20)21-7-4-6-18(11-21)24(34)29-19-12-28-33(15-19)22-9-10-26-14-22/h2-8,11-13,15-16,22,26H,9-10,14H2,1H3,(H,29,34)(H2,30,31,35). The van der Waals surface area contributed by atoms with Gasteiger partial charge in [-0.15, -0.1) is 0 Å². The molecule has 2 aromatic heterocycles. The Morgan fingerprint density at radius 3 is 2.63 bits per heavy atom. The summed E-state index contributed by atoms with van der Waals surface area (Å²) in [6, 6.07) is 14.6. The minimum Gasteiger partial charge on any atom is -0.319 e. The molecule has 3 amide bonds. The summed E-state index contributed by atoms with van der Waals surface area (Å²) in [5, 5.41) is 20.5. The second-order valence-corrected chi connectivity index (χ2v) is 8.43. The number of nitrogens with zero attached hydrogens (tertiary/aromatic N) is 4. The molecular weight excluding hydrogens is 444 g/mol. The van der Waals surface area contributed by atoms with E-state index >= 15 is 0 Å². The molecule has 178 valence electrons. The summed E-state index contributed by atoms with van der Waals surface area (Å²) in [6.45, 7) is 3.78. The number of benzene rings is 2. The molecule has 1 aliphatic rings. The third-order valence-corrected chi connectivity index (χ3v) is 5.87. The maximum absolute atomic E-state index is 12.8. The Balaban J connectivity index is 1.23. The van der Waals surface area contributed by atoms with Crippen molar-refractivity contribution < 1.29 is 9.59 Å². The number of anilines is 3. The molecule has 10 nitrogen and oxygen atoms in total. The minimum atomic E-state index is -0.360. The molecule has 10 heteroatoms. The number of hydrogen-bond acceptors (Lipinski definition) is 5. The molecule has 35 heavy (non-hydrogen) atoms. The van der Waals surface area contributed by atoms with Gasteiger partial charge < -0.3 is 21.3 Å². The zero-order chi connectivity index (χ0) is 24.2. The Morgan fingerprint density at radius 2 is 1.80 bits per heavy atom. The summed E-state index contributed by atoms with van der Waals surface area (Å²) in [5.74, 6) is -0.237. The van der Waals surface area contributed by atoms with Crippen LogP contribution < -0.4 is 21.3 Å². The molecule has 0 spiro atoms. The first-order valence-corrected chi connectivity index (χ1v) is 11.4. The van der Waals surface area contributed by atoms with Gasteiger partial charge in [0.25, 0.3) is 5.91 Å². The summed E-state index contributed by atoms with van der Waals surface area (Å²) in [5.41, 5.74) is 4.06. The van der Waals surface area contributed by atoms with Gasteiger partial charge in [-0.1, -0.05) is 24.3 Å².